The van der Waals surface area contributed by atoms with Crippen LogP contribution in [0.25, 0.3) is 0 Å². The first kappa shape index (κ1) is 16.5. The van der Waals surface area contributed by atoms with E-state index < -0.39 is 6.04 Å². The maximum absolute atomic E-state index is 12.0. The second kappa shape index (κ2) is 7.38. The van der Waals surface area contributed by atoms with Crippen molar-refractivity contribution in [2.24, 2.45) is 11.5 Å². The molecule has 5 N–H and O–H groups in total. The maximum Gasteiger partial charge on any atom is 0.253 e. The molecule has 1 aromatic carbocycles. The number of nitrogens with zero attached hydrogens (tertiary/aromatic N) is 1. The topological polar surface area (TPSA) is 101 Å². The molecule has 2 amide bonds. The quantitative estimate of drug-likeness (QED) is 0.674. The van der Waals surface area contributed by atoms with E-state index in [-0.39, 0.29) is 11.8 Å². The van der Waals surface area contributed by atoms with Gasteiger partial charge in [-0.1, -0.05) is 6.42 Å². The summed E-state index contributed by atoms with van der Waals surface area (Å²) in [4.78, 5) is 25.8. The second-order valence-corrected chi connectivity index (χ2v) is 5.73. The molecular weight excluding hydrogens is 280 g/mol. The van der Waals surface area contributed by atoms with Crippen LogP contribution in [0.3, 0.4) is 0 Å². The number of carbonyl (C=O) groups is 2. The predicted molar refractivity (Wildman–Crippen MR) is 86.6 cm³/mol. The van der Waals surface area contributed by atoms with Gasteiger partial charge >= 0.3 is 0 Å². The summed E-state index contributed by atoms with van der Waals surface area (Å²) >= 11 is 0. The molecule has 1 aromatic rings. The maximum atomic E-state index is 12.0. The van der Waals surface area contributed by atoms with Crippen molar-refractivity contribution in [3.63, 3.8) is 0 Å². The van der Waals surface area contributed by atoms with Crippen molar-refractivity contribution in [1.82, 2.24) is 4.90 Å². The number of amides is 2. The van der Waals surface area contributed by atoms with Gasteiger partial charge in [-0.15, -0.1) is 0 Å². The lowest BCUT2D eigenvalue weighted by atomic mass is 9.98. The number of hydrogen-bond donors (Lipinski definition) is 3. The molecule has 0 aromatic heterocycles. The minimum Gasteiger partial charge on any atom is -0.341 e. The molecular formula is C16H24N4O2. The van der Waals surface area contributed by atoms with Crippen molar-refractivity contribution in [1.29, 1.82) is 0 Å². The lowest BCUT2D eigenvalue weighted by Gasteiger charge is -2.25. The SMILES string of the molecule is CN1CCc2cc(NC(=O)[C@@H](N)CCCCN)ccc2C1=O. The molecule has 0 aliphatic carbocycles. The molecule has 0 saturated heterocycles. The van der Waals surface area contributed by atoms with Crippen LogP contribution in [0.15, 0.2) is 18.2 Å². The Hall–Kier alpha value is -1.92. The molecule has 2 rings (SSSR count). The molecule has 1 atom stereocenters. The number of likely N-dealkylation sites (N-methyl/N-ethyl adjacent to an activating group) is 1. The predicted octanol–water partition coefficient (Wildman–Crippen LogP) is 0.710. The van der Waals surface area contributed by atoms with Crippen LogP contribution in [0.2, 0.25) is 0 Å². The highest BCUT2D eigenvalue weighted by Gasteiger charge is 2.22. The first-order valence-electron chi connectivity index (χ1n) is 7.68. The fourth-order valence-electron chi connectivity index (χ4n) is 2.56. The van der Waals surface area contributed by atoms with Gasteiger partial charge in [0.1, 0.15) is 0 Å². The van der Waals surface area contributed by atoms with Gasteiger partial charge in [-0.25, -0.2) is 0 Å². The number of unbranched alkanes of at least 4 members (excludes halogenated alkanes) is 1. The molecule has 0 radical (unpaired) electrons. The third kappa shape index (κ3) is 3.84. The van der Waals surface area contributed by atoms with Gasteiger partial charge in [0.2, 0.25) is 5.91 Å². The number of fused-ring (bicyclic) bond motifs is 1. The molecule has 120 valence electrons. The zero-order valence-corrected chi connectivity index (χ0v) is 13.0. The molecule has 22 heavy (non-hydrogen) atoms. The van der Waals surface area contributed by atoms with Crippen LogP contribution in [0.1, 0.15) is 35.2 Å². The Morgan fingerprint density at radius 1 is 1.41 bits per heavy atom. The molecule has 1 heterocycles. The number of benzene rings is 1. The van der Waals surface area contributed by atoms with Gasteiger partial charge in [0.15, 0.2) is 0 Å². The van der Waals surface area contributed by atoms with Crippen molar-refractivity contribution in [2.45, 2.75) is 31.7 Å². The summed E-state index contributed by atoms with van der Waals surface area (Å²) in [5, 5.41) is 2.82. The van der Waals surface area contributed by atoms with Crippen LogP contribution < -0.4 is 16.8 Å². The first-order chi connectivity index (χ1) is 10.5. The van der Waals surface area contributed by atoms with Gasteiger partial charge in [-0.3, -0.25) is 9.59 Å². The van der Waals surface area contributed by atoms with Crippen LogP contribution in [-0.4, -0.2) is 42.9 Å². The van der Waals surface area contributed by atoms with Crippen LogP contribution in [0, 0.1) is 0 Å². The standard InChI is InChI=1S/C16H24N4O2/c1-20-9-7-11-10-12(5-6-13(11)16(20)22)19-15(21)14(18)4-2-3-8-17/h5-6,10,14H,2-4,7-9,17-18H2,1H3,(H,19,21)/t14-/m0/s1. The zero-order valence-electron chi connectivity index (χ0n) is 13.0. The summed E-state index contributed by atoms with van der Waals surface area (Å²) in [5.41, 5.74) is 13.7. The Bertz CT molecular complexity index is 559. The third-order valence-corrected chi connectivity index (χ3v) is 3.97. The summed E-state index contributed by atoms with van der Waals surface area (Å²) in [7, 11) is 1.79. The highest BCUT2D eigenvalue weighted by molar-refractivity contribution is 5.98. The van der Waals surface area contributed by atoms with E-state index >= 15 is 0 Å². The van der Waals surface area contributed by atoms with E-state index in [0.717, 1.165) is 24.8 Å². The number of nitrogens with two attached hydrogens (primary N) is 2. The molecule has 0 bridgehead atoms. The van der Waals surface area contributed by atoms with Crippen molar-refractivity contribution >= 4 is 17.5 Å². The van der Waals surface area contributed by atoms with E-state index in [1.165, 1.54) is 0 Å². The number of carbonyl (C=O) groups excluding carboxylic acids is 2. The fourth-order valence-corrected chi connectivity index (χ4v) is 2.56. The monoisotopic (exact) mass is 304 g/mol. The second-order valence-electron chi connectivity index (χ2n) is 5.73. The summed E-state index contributed by atoms with van der Waals surface area (Å²) in [5.74, 6) is -0.172. The molecule has 0 fully saturated rings. The van der Waals surface area contributed by atoms with Gasteiger partial charge in [0, 0.05) is 24.8 Å². The Morgan fingerprint density at radius 2 is 2.18 bits per heavy atom. The summed E-state index contributed by atoms with van der Waals surface area (Å²) in [6, 6.07) is 4.85. The minimum absolute atomic E-state index is 0.0256. The normalized spacial score (nSPS) is 15.4. The number of nitrogens with one attached hydrogen (secondary N) is 1. The zero-order chi connectivity index (χ0) is 16.1. The van der Waals surface area contributed by atoms with Crippen LogP contribution in [-0.2, 0) is 11.2 Å². The highest BCUT2D eigenvalue weighted by Crippen LogP contribution is 2.22. The summed E-state index contributed by atoms with van der Waals surface area (Å²) in [6.07, 6.45) is 3.13. The Morgan fingerprint density at radius 3 is 2.91 bits per heavy atom. The minimum atomic E-state index is -0.532. The van der Waals surface area contributed by atoms with Crippen molar-refractivity contribution in [3.05, 3.63) is 29.3 Å². The average Bonchev–Trinajstić information content (AvgIpc) is 2.51. The van der Waals surface area contributed by atoms with Crippen LogP contribution in [0.5, 0.6) is 0 Å². The van der Waals surface area contributed by atoms with E-state index in [0.29, 0.717) is 30.8 Å². The molecule has 0 saturated carbocycles. The fraction of sp³-hybridized carbons (Fsp3) is 0.500. The van der Waals surface area contributed by atoms with E-state index in [2.05, 4.69) is 5.32 Å². The molecule has 1 aliphatic heterocycles. The van der Waals surface area contributed by atoms with E-state index in [9.17, 15) is 9.59 Å². The Balaban J connectivity index is 1.99. The lowest BCUT2D eigenvalue weighted by molar-refractivity contribution is -0.117. The van der Waals surface area contributed by atoms with Crippen molar-refractivity contribution in [3.8, 4) is 0 Å². The van der Waals surface area contributed by atoms with Gasteiger partial charge in [0.25, 0.3) is 5.91 Å². The number of rotatable bonds is 6. The Labute approximate surface area is 130 Å². The third-order valence-electron chi connectivity index (χ3n) is 3.97. The molecule has 1 aliphatic rings. The van der Waals surface area contributed by atoms with E-state index in [1.807, 2.05) is 6.07 Å². The van der Waals surface area contributed by atoms with E-state index in [4.69, 9.17) is 11.5 Å². The van der Waals surface area contributed by atoms with Crippen LogP contribution in [0.4, 0.5) is 5.69 Å². The van der Waals surface area contributed by atoms with Crippen LogP contribution >= 0.6 is 0 Å². The summed E-state index contributed by atoms with van der Waals surface area (Å²) in [6.45, 7) is 1.31. The highest BCUT2D eigenvalue weighted by atomic mass is 16.2. The summed E-state index contributed by atoms with van der Waals surface area (Å²) < 4.78 is 0. The van der Waals surface area contributed by atoms with Gasteiger partial charge in [-0.05, 0) is 49.6 Å². The largest absolute Gasteiger partial charge is 0.341 e. The molecule has 6 heteroatoms. The van der Waals surface area contributed by atoms with Gasteiger partial charge in [0.05, 0.1) is 6.04 Å². The number of anilines is 1. The number of hydrogen-bond acceptors (Lipinski definition) is 4. The van der Waals surface area contributed by atoms with Crippen molar-refractivity contribution < 1.29 is 9.59 Å². The van der Waals surface area contributed by atoms with E-state index in [1.54, 1.807) is 24.1 Å². The molecule has 0 unspecified atom stereocenters. The smallest absolute Gasteiger partial charge is 0.253 e. The molecule has 6 nitrogen and oxygen atoms in total. The Kier molecular flexibility index (Phi) is 5.51. The average molecular weight is 304 g/mol. The first-order valence-corrected chi connectivity index (χ1v) is 7.68. The van der Waals surface area contributed by atoms with Gasteiger partial charge in [-0.2, -0.15) is 0 Å². The van der Waals surface area contributed by atoms with Gasteiger partial charge < -0.3 is 21.7 Å². The lowest BCUT2D eigenvalue weighted by Crippen LogP contribution is -2.36. The van der Waals surface area contributed by atoms with Crippen molar-refractivity contribution in [2.75, 3.05) is 25.5 Å². The molecule has 0 spiro atoms.